The molecule has 2 heterocycles. The molecule has 0 radical (unpaired) electrons. The second-order valence-corrected chi connectivity index (χ2v) is 13.2. The largest absolute Gasteiger partial charge is 0.483 e. The molecule has 1 aliphatic carbocycles. The van der Waals surface area contributed by atoms with E-state index in [1.165, 1.54) is 4.90 Å². The van der Waals surface area contributed by atoms with Gasteiger partial charge in [-0.15, -0.1) is 10.2 Å². The molecule has 5 rings (SSSR count). The Labute approximate surface area is 294 Å². The lowest BCUT2D eigenvalue weighted by Gasteiger charge is -2.32. The number of benzene rings is 2. The number of aromatic nitrogens is 5. The van der Waals surface area contributed by atoms with Crippen LogP contribution in [-0.2, 0) is 25.5 Å². The van der Waals surface area contributed by atoms with Crippen LogP contribution in [-0.4, -0.2) is 73.3 Å². The summed E-state index contributed by atoms with van der Waals surface area (Å²) >= 11 is 6.26. The number of amides is 3. The van der Waals surface area contributed by atoms with Gasteiger partial charge in [0.1, 0.15) is 10.8 Å². The van der Waals surface area contributed by atoms with Gasteiger partial charge in [-0.3, -0.25) is 14.4 Å². The highest BCUT2D eigenvalue weighted by Crippen LogP contribution is 2.32. The van der Waals surface area contributed by atoms with Crippen molar-refractivity contribution in [3.05, 3.63) is 77.6 Å². The minimum Gasteiger partial charge on any atom is -0.483 e. The Morgan fingerprint density at radius 2 is 1.70 bits per heavy atom. The van der Waals surface area contributed by atoms with E-state index in [4.69, 9.17) is 32.0 Å². The molecule has 1 saturated carbocycles. The molecule has 1 aliphatic rings. The summed E-state index contributed by atoms with van der Waals surface area (Å²) in [4.78, 5) is 53.9. The first-order chi connectivity index (χ1) is 23.9. The zero-order valence-corrected chi connectivity index (χ0v) is 28.8. The Balaban J connectivity index is 0.00000181. The number of carboxylic acid groups (broad SMARTS) is 1. The Kier molecular flexibility index (Phi) is 13.1. The van der Waals surface area contributed by atoms with E-state index in [1.54, 1.807) is 30.5 Å². The minimum absolute atomic E-state index is 0.205. The number of H-pyrrole nitrogens is 1. The van der Waals surface area contributed by atoms with Crippen molar-refractivity contribution in [1.29, 1.82) is 0 Å². The van der Waals surface area contributed by atoms with Crippen molar-refractivity contribution < 1.29 is 29.0 Å². The van der Waals surface area contributed by atoms with Gasteiger partial charge in [0.2, 0.25) is 11.7 Å². The number of anilines is 1. The first kappa shape index (κ1) is 37.6. The van der Waals surface area contributed by atoms with Crippen LogP contribution < -0.4 is 16.0 Å². The maximum Gasteiger partial charge on any atom is 0.407 e. The highest BCUT2D eigenvalue weighted by atomic mass is 35.5. The van der Waals surface area contributed by atoms with Gasteiger partial charge < -0.3 is 20.9 Å². The zero-order chi connectivity index (χ0) is 36.3. The van der Waals surface area contributed by atoms with E-state index in [0.29, 0.717) is 41.6 Å². The van der Waals surface area contributed by atoms with E-state index in [2.05, 4.69) is 30.9 Å². The van der Waals surface area contributed by atoms with Crippen LogP contribution in [0.5, 0.6) is 0 Å². The Morgan fingerprint density at radius 1 is 1.06 bits per heavy atom. The van der Waals surface area contributed by atoms with Gasteiger partial charge in [-0.05, 0) is 112 Å². The van der Waals surface area contributed by atoms with Crippen LogP contribution in [0.3, 0.4) is 0 Å². The second kappa shape index (κ2) is 17.4. The van der Waals surface area contributed by atoms with Gasteiger partial charge in [0.25, 0.3) is 12.4 Å². The smallest absolute Gasteiger partial charge is 0.407 e. The van der Waals surface area contributed by atoms with Gasteiger partial charge in [-0.1, -0.05) is 35.9 Å². The van der Waals surface area contributed by atoms with E-state index < -0.39 is 23.6 Å². The number of hydrogen-bond acceptors (Lipinski definition) is 10. The normalized spacial score (nSPS) is 16.3. The predicted molar refractivity (Wildman–Crippen MR) is 187 cm³/mol. The van der Waals surface area contributed by atoms with Crippen molar-refractivity contribution >= 4 is 41.7 Å². The number of carbonyl (C=O) groups excluding carboxylic acids is 3. The van der Waals surface area contributed by atoms with Crippen molar-refractivity contribution in [2.24, 2.45) is 17.6 Å². The van der Waals surface area contributed by atoms with E-state index in [-0.39, 0.29) is 30.6 Å². The summed E-state index contributed by atoms with van der Waals surface area (Å²) < 4.78 is 5.34. The summed E-state index contributed by atoms with van der Waals surface area (Å²) in [5, 5.41) is 24.1. The monoisotopic (exact) mass is 704 g/mol. The van der Waals surface area contributed by atoms with Crippen molar-refractivity contribution in [1.82, 2.24) is 30.9 Å². The average molecular weight is 705 g/mol. The molecule has 3 amide bonds. The number of imide groups is 1. The number of nitrogens with zero attached hydrogens (tertiary/aromatic N) is 5. The third kappa shape index (κ3) is 10.4. The summed E-state index contributed by atoms with van der Waals surface area (Å²) in [5.41, 5.74) is 9.56. The SMILES string of the molecule is CC(C)(C)OC(=O)NCC1CCC(C(=O)N(C(=O)[C@@H](N)Cc2ccc(-c3cccnc3Cl)cc2)c2ccc(-c3nn[nH]n3)cc2)CC1.O=CO. The second-order valence-electron chi connectivity index (χ2n) is 12.8. The van der Waals surface area contributed by atoms with Crippen LogP contribution in [0.1, 0.15) is 52.0 Å². The number of nitrogens with two attached hydrogens (primary N) is 1. The molecule has 0 spiro atoms. The fourth-order valence-corrected chi connectivity index (χ4v) is 5.90. The summed E-state index contributed by atoms with van der Waals surface area (Å²) in [6.07, 6.45) is 4.02. The molecule has 2 aromatic carbocycles. The Bertz CT molecular complexity index is 1720. The summed E-state index contributed by atoms with van der Waals surface area (Å²) in [6, 6.07) is 17.2. The van der Waals surface area contributed by atoms with E-state index >= 15 is 0 Å². The standard InChI is InChI=1S/C34H39ClN8O4.CH2O2/c1-34(2,3)47-33(46)38-20-22-8-12-25(13-9-22)31(44)43(26-16-14-24(15-17-26)30-39-41-42-40-30)32(45)28(36)19-21-6-10-23(11-7-21)27-5-4-18-37-29(27)35;2-1-3/h4-7,10-11,14-18,22,25,28H,8-9,12-13,19-20,36H2,1-3H3,(H,38,46)(H,39,40,41,42);1H,(H,2,3)/t22?,25?,28-;/m0./s1. The maximum absolute atomic E-state index is 14.1. The highest BCUT2D eigenvalue weighted by molar-refractivity contribution is 6.32. The number of ether oxygens (including phenoxy) is 1. The molecule has 4 aromatic rings. The number of hydrogen-bond donors (Lipinski definition) is 4. The van der Waals surface area contributed by atoms with E-state index in [1.807, 2.05) is 57.2 Å². The lowest BCUT2D eigenvalue weighted by Crippen LogP contribution is -2.50. The van der Waals surface area contributed by atoms with Gasteiger partial charge >= 0.3 is 6.09 Å². The molecule has 14 nitrogen and oxygen atoms in total. The summed E-state index contributed by atoms with van der Waals surface area (Å²) in [6.45, 7) is 5.66. The first-order valence-corrected chi connectivity index (χ1v) is 16.5. The lowest BCUT2D eigenvalue weighted by atomic mass is 9.81. The molecule has 50 heavy (non-hydrogen) atoms. The minimum atomic E-state index is -0.974. The van der Waals surface area contributed by atoms with Crippen LogP contribution >= 0.6 is 11.6 Å². The van der Waals surface area contributed by atoms with Crippen LogP contribution in [0.2, 0.25) is 5.15 Å². The van der Waals surface area contributed by atoms with Gasteiger partial charge in [0, 0.05) is 29.8 Å². The zero-order valence-electron chi connectivity index (χ0n) is 28.1. The van der Waals surface area contributed by atoms with Crippen LogP contribution in [0.15, 0.2) is 66.9 Å². The molecule has 264 valence electrons. The predicted octanol–water partition coefficient (Wildman–Crippen LogP) is 5.04. The van der Waals surface area contributed by atoms with Gasteiger partial charge in [-0.2, -0.15) is 5.21 Å². The molecule has 1 atom stereocenters. The number of pyridine rings is 1. The topological polar surface area (TPSA) is 206 Å². The van der Waals surface area contributed by atoms with Gasteiger partial charge in [-0.25, -0.2) is 14.7 Å². The van der Waals surface area contributed by atoms with Crippen molar-refractivity contribution in [2.75, 3.05) is 11.4 Å². The number of aromatic amines is 1. The van der Waals surface area contributed by atoms with Gasteiger partial charge in [0.05, 0.1) is 11.7 Å². The molecule has 2 aromatic heterocycles. The van der Waals surface area contributed by atoms with E-state index in [0.717, 1.165) is 29.5 Å². The molecule has 5 N–H and O–H groups in total. The third-order valence-electron chi connectivity index (χ3n) is 8.10. The quantitative estimate of drug-likeness (QED) is 0.134. The fraction of sp³-hybridized carbons (Fsp3) is 0.371. The molecule has 0 bridgehead atoms. The third-order valence-corrected chi connectivity index (χ3v) is 8.40. The van der Waals surface area contributed by atoms with Crippen molar-refractivity contribution in [3.63, 3.8) is 0 Å². The van der Waals surface area contributed by atoms with Crippen LogP contribution in [0, 0.1) is 11.8 Å². The number of rotatable bonds is 9. The molecule has 0 aliphatic heterocycles. The van der Waals surface area contributed by atoms with Crippen LogP contribution in [0.25, 0.3) is 22.5 Å². The first-order valence-electron chi connectivity index (χ1n) is 16.1. The Morgan fingerprint density at radius 3 is 2.28 bits per heavy atom. The van der Waals surface area contributed by atoms with Crippen molar-refractivity contribution in [2.45, 2.75) is 64.5 Å². The van der Waals surface area contributed by atoms with Crippen molar-refractivity contribution in [3.8, 4) is 22.5 Å². The van der Waals surface area contributed by atoms with Gasteiger partial charge in [0.15, 0.2) is 0 Å². The highest BCUT2D eigenvalue weighted by Gasteiger charge is 2.35. The van der Waals surface area contributed by atoms with Crippen LogP contribution in [0.4, 0.5) is 10.5 Å². The summed E-state index contributed by atoms with van der Waals surface area (Å²) in [7, 11) is 0. The number of alkyl carbamates (subject to hydrolysis) is 1. The number of nitrogens with one attached hydrogen (secondary N) is 2. The lowest BCUT2D eigenvalue weighted by molar-refractivity contribution is -0.130. The molecule has 0 unspecified atom stereocenters. The Hall–Kier alpha value is -5.21. The van der Waals surface area contributed by atoms with E-state index in [9.17, 15) is 14.4 Å². The number of tetrazole rings is 1. The number of halogens is 1. The summed E-state index contributed by atoms with van der Waals surface area (Å²) in [5.74, 6) is -0.555. The number of carbonyl (C=O) groups is 4. The molecular formula is C35H41ClN8O6. The fourth-order valence-electron chi connectivity index (χ4n) is 5.67. The molecule has 15 heteroatoms. The molecule has 0 saturated heterocycles. The average Bonchev–Trinajstić information content (AvgIpc) is 3.64. The molecular weight excluding hydrogens is 664 g/mol. The maximum atomic E-state index is 14.1. The molecule has 1 fully saturated rings.